The molecule has 1 aromatic rings. The maximum atomic E-state index is 11.0. The number of hydrogen-bond donors (Lipinski definition) is 2. The molecule has 0 fully saturated rings. The van der Waals surface area contributed by atoms with Gasteiger partial charge in [-0.05, 0) is 25.2 Å². The molecule has 3 nitrogen and oxygen atoms in total. The number of para-hydroxylation sites is 1. The van der Waals surface area contributed by atoms with Gasteiger partial charge in [-0.25, -0.2) is 0 Å². The molecule has 1 amide bonds. The summed E-state index contributed by atoms with van der Waals surface area (Å²) < 4.78 is 0. The summed E-state index contributed by atoms with van der Waals surface area (Å²) in [6.45, 7) is 6.39. The van der Waals surface area contributed by atoms with E-state index in [4.69, 9.17) is 11.6 Å². The second kappa shape index (κ2) is 11.4. The van der Waals surface area contributed by atoms with Crippen LogP contribution in [0.5, 0.6) is 0 Å². The second-order valence-corrected chi connectivity index (χ2v) is 3.69. The van der Waals surface area contributed by atoms with E-state index in [1.165, 1.54) is 0 Å². The average molecular weight is 257 g/mol. The predicted octanol–water partition coefficient (Wildman–Crippen LogP) is 2.87. The van der Waals surface area contributed by atoms with E-state index in [1.54, 1.807) is 0 Å². The molecule has 0 aromatic heterocycles. The van der Waals surface area contributed by atoms with E-state index in [9.17, 15) is 4.79 Å². The summed E-state index contributed by atoms with van der Waals surface area (Å²) in [7, 11) is 0. The fourth-order valence-electron chi connectivity index (χ4n) is 1.08. The summed E-state index contributed by atoms with van der Waals surface area (Å²) in [5.41, 5.74) is 0.813. The molecule has 0 aliphatic heterocycles. The molecule has 0 saturated carbocycles. The number of alkyl halides is 1. The summed E-state index contributed by atoms with van der Waals surface area (Å²) in [5, 5.41) is 5.83. The van der Waals surface area contributed by atoms with Crippen molar-refractivity contribution in [1.29, 1.82) is 0 Å². The molecular weight excluding hydrogens is 236 g/mol. The van der Waals surface area contributed by atoms with Gasteiger partial charge in [-0.2, -0.15) is 0 Å². The van der Waals surface area contributed by atoms with Crippen molar-refractivity contribution < 1.29 is 4.79 Å². The molecule has 4 heteroatoms. The van der Waals surface area contributed by atoms with Crippen LogP contribution in [0.1, 0.15) is 20.3 Å². The van der Waals surface area contributed by atoms with Crippen LogP contribution < -0.4 is 10.6 Å². The number of halogens is 1. The van der Waals surface area contributed by atoms with Crippen LogP contribution in [0.2, 0.25) is 0 Å². The zero-order chi connectivity index (χ0) is 12.9. The van der Waals surface area contributed by atoms with Crippen molar-refractivity contribution in [3.63, 3.8) is 0 Å². The minimum Gasteiger partial charge on any atom is -0.326 e. The monoisotopic (exact) mass is 256 g/mol. The molecule has 2 N–H and O–H groups in total. The van der Waals surface area contributed by atoms with Gasteiger partial charge in [0.2, 0.25) is 5.91 Å². The van der Waals surface area contributed by atoms with E-state index < -0.39 is 0 Å². The van der Waals surface area contributed by atoms with Crippen molar-refractivity contribution >= 4 is 23.2 Å². The van der Waals surface area contributed by atoms with Crippen molar-refractivity contribution in [1.82, 2.24) is 5.32 Å². The molecule has 0 radical (unpaired) electrons. The van der Waals surface area contributed by atoms with Gasteiger partial charge < -0.3 is 10.6 Å². The third-order valence-electron chi connectivity index (χ3n) is 1.88. The highest BCUT2D eigenvalue weighted by Crippen LogP contribution is 2.05. The maximum absolute atomic E-state index is 11.0. The number of benzene rings is 1. The van der Waals surface area contributed by atoms with Crippen LogP contribution >= 0.6 is 11.6 Å². The van der Waals surface area contributed by atoms with Crippen LogP contribution in [0, 0.1) is 0 Å². The van der Waals surface area contributed by atoms with Crippen molar-refractivity contribution in [2.24, 2.45) is 0 Å². The lowest BCUT2D eigenvalue weighted by Gasteiger charge is -2.01. The van der Waals surface area contributed by atoms with Gasteiger partial charge in [-0.1, -0.05) is 32.0 Å². The standard InChI is InChI=1S/C9H10ClNO.C4H11N/c10-7-6-9(12)11-8-4-2-1-3-5-8;1-3-5-4-2/h1-5H,6-7H2,(H,11,12);5H,3-4H2,1-2H3. The van der Waals surface area contributed by atoms with Crippen LogP contribution in [0.4, 0.5) is 5.69 Å². The Morgan fingerprint density at radius 3 is 2.18 bits per heavy atom. The molecule has 0 bridgehead atoms. The lowest BCUT2D eigenvalue weighted by Crippen LogP contribution is -2.11. The van der Waals surface area contributed by atoms with Gasteiger partial charge in [-0.15, -0.1) is 11.6 Å². The summed E-state index contributed by atoms with van der Waals surface area (Å²) in [5.74, 6) is 0.315. The van der Waals surface area contributed by atoms with Crippen LogP contribution in [-0.4, -0.2) is 24.9 Å². The van der Waals surface area contributed by atoms with Crippen LogP contribution in [0.15, 0.2) is 30.3 Å². The third-order valence-corrected chi connectivity index (χ3v) is 2.07. The molecule has 17 heavy (non-hydrogen) atoms. The Balaban J connectivity index is 0.000000437. The molecule has 0 heterocycles. The average Bonchev–Trinajstić information content (AvgIpc) is 2.32. The summed E-state index contributed by atoms with van der Waals surface area (Å²) >= 11 is 5.40. The highest BCUT2D eigenvalue weighted by Gasteiger charge is 1.98. The van der Waals surface area contributed by atoms with Gasteiger partial charge in [0.15, 0.2) is 0 Å². The number of amides is 1. The van der Waals surface area contributed by atoms with E-state index in [1.807, 2.05) is 30.3 Å². The highest BCUT2D eigenvalue weighted by atomic mass is 35.5. The fourth-order valence-corrected chi connectivity index (χ4v) is 1.25. The Kier molecular flexibility index (Phi) is 10.7. The largest absolute Gasteiger partial charge is 0.326 e. The lowest BCUT2D eigenvalue weighted by molar-refractivity contribution is -0.115. The van der Waals surface area contributed by atoms with Gasteiger partial charge in [0, 0.05) is 18.0 Å². The van der Waals surface area contributed by atoms with Crippen molar-refractivity contribution in [2.75, 3.05) is 24.3 Å². The van der Waals surface area contributed by atoms with Crippen molar-refractivity contribution in [2.45, 2.75) is 20.3 Å². The van der Waals surface area contributed by atoms with E-state index in [0.29, 0.717) is 12.3 Å². The number of hydrogen-bond acceptors (Lipinski definition) is 2. The molecule has 0 saturated heterocycles. The van der Waals surface area contributed by atoms with Gasteiger partial charge in [-0.3, -0.25) is 4.79 Å². The number of anilines is 1. The van der Waals surface area contributed by atoms with E-state index in [0.717, 1.165) is 18.8 Å². The van der Waals surface area contributed by atoms with Gasteiger partial charge in [0.25, 0.3) is 0 Å². The first kappa shape index (κ1) is 15.9. The van der Waals surface area contributed by atoms with Crippen molar-refractivity contribution in [3.8, 4) is 0 Å². The SMILES string of the molecule is CCNCC.O=C(CCCl)Nc1ccccc1. The first-order chi connectivity index (χ1) is 8.24. The first-order valence-corrected chi connectivity index (χ1v) is 6.39. The fraction of sp³-hybridized carbons (Fsp3) is 0.462. The molecular formula is C13H21ClN2O. The van der Waals surface area contributed by atoms with Gasteiger partial charge in [0.1, 0.15) is 0 Å². The normalized spacial score (nSPS) is 9.12. The third kappa shape index (κ3) is 9.85. The molecule has 0 atom stereocenters. The Morgan fingerprint density at radius 1 is 1.18 bits per heavy atom. The van der Waals surface area contributed by atoms with Crippen LogP contribution in [0.3, 0.4) is 0 Å². The topological polar surface area (TPSA) is 41.1 Å². The zero-order valence-corrected chi connectivity index (χ0v) is 11.3. The molecule has 1 rings (SSSR count). The molecule has 96 valence electrons. The quantitative estimate of drug-likeness (QED) is 0.796. The van der Waals surface area contributed by atoms with E-state index in [-0.39, 0.29) is 5.91 Å². The molecule has 0 unspecified atom stereocenters. The number of carbonyl (C=O) groups excluding carboxylic acids is 1. The zero-order valence-electron chi connectivity index (χ0n) is 10.5. The molecule has 1 aromatic carbocycles. The summed E-state index contributed by atoms with van der Waals surface area (Å²) in [4.78, 5) is 11.0. The highest BCUT2D eigenvalue weighted by molar-refractivity contribution is 6.19. The van der Waals surface area contributed by atoms with Gasteiger partial charge >= 0.3 is 0 Å². The van der Waals surface area contributed by atoms with E-state index in [2.05, 4.69) is 24.5 Å². The number of nitrogens with one attached hydrogen (secondary N) is 2. The molecule has 0 aliphatic carbocycles. The van der Waals surface area contributed by atoms with E-state index >= 15 is 0 Å². The second-order valence-electron chi connectivity index (χ2n) is 3.31. The molecule has 0 spiro atoms. The summed E-state index contributed by atoms with van der Waals surface area (Å²) in [6, 6.07) is 9.32. The van der Waals surface area contributed by atoms with Crippen LogP contribution in [0.25, 0.3) is 0 Å². The Bertz CT molecular complexity index is 289. The van der Waals surface area contributed by atoms with Gasteiger partial charge in [0.05, 0.1) is 0 Å². The number of rotatable bonds is 5. The molecule has 0 aliphatic rings. The predicted molar refractivity (Wildman–Crippen MR) is 74.6 cm³/mol. The Hall–Kier alpha value is -1.06. The minimum atomic E-state index is -0.0452. The van der Waals surface area contributed by atoms with Crippen molar-refractivity contribution in [3.05, 3.63) is 30.3 Å². The Labute approximate surface area is 109 Å². The first-order valence-electron chi connectivity index (χ1n) is 5.86. The minimum absolute atomic E-state index is 0.0452. The maximum Gasteiger partial charge on any atom is 0.225 e. The summed E-state index contributed by atoms with van der Waals surface area (Å²) in [6.07, 6.45) is 0.358. The number of carbonyl (C=O) groups is 1. The lowest BCUT2D eigenvalue weighted by atomic mass is 10.3. The van der Waals surface area contributed by atoms with Crippen LogP contribution in [-0.2, 0) is 4.79 Å². The smallest absolute Gasteiger partial charge is 0.225 e. The Morgan fingerprint density at radius 2 is 1.76 bits per heavy atom.